The van der Waals surface area contributed by atoms with E-state index in [0.29, 0.717) is 6.04 Å². The molecule has 1 aromatic heterocycles. The van der Waals surface area contributed by atoms with E-state index in [4.69, 9.17) is 0 Å². The van der Waals surface area contributed by atoms with Crippen molar-refractivity contribution in [1.82, 2.24) is 14.8 Å². The number of benzene rings is 1. The van der Waals surface area contributed by atoms with Gasteiger partial charge in [-0.1, -0.05) is 12.1 Å². The Morgan fingerprint density at radius 2 is 2.23 bits per heavy atom. The van der Waals surface area contributed by atoms with Gasteiger partial charge in [0.25, 0.3) is 0 Å². The standard InChI is InChI=1S/C16H21BN4O/c1-12-18-8-6-16(19-12)13-4-3-5-14(10-13)20-15-7-9-21(11-15)17(2)22/h3-6,8,10,15,20,22H,7,9,11H2,1-2H3. The van der Waals surface area contributed by atoms with Crippen LogP contribution in [0.15, 0.2) is 36.5 Å². The van der Waals surface area contributed by atoms with Gasteiger partial charge in [-0.2, -0.15) is 0 Å². The predicted molar refractivity (Wildman–Crippen MR) is 89.6 cm³/mol. The van der Waals surface area contributed by atoms with Crippen LogP contribution in [0.1, 0.15) is 12.2 Å². The van der Waals surface area contributed by atoms with Crippen molar-refractivity contribution in [3.8, 4) is 11.3 Å². The van der Waals surface area contributed by atoms with Crippen LogP contribution in [-0.4, -0.2) is 46.0 Å². The molecule has 2 heterocycles. The normalized spacial score (nSPS) is 18.4. The van der Waals surface area contributed by atoms with Crippen LogP contribution >= 0.6 is 0 Å². The maximum absolute atomic E-state index is 9.64. The number of rotatable bonds is 4. The fourth-order valence-corrected chi connectivity index (χ4v) is 2.87. The smallest absolute Gasteiger partial charge is 0.376 e. The minimum absolute atomic E-state index is 0.372. The van der Waals surface area contributed by atoms with Gasteiger partial charge < -0.3 is 15.2 Å². The molecule has 3 rings (SSSR count). The highest BCUT2D eigenvalue weighted by molar-refractivity contribution is 6.45. The third-order valence-electron chi connectivity index (χ3n) is 4.05. The minimum atomic E-state index is -0.373. The van der Waals surface area contributed by atoms with E-state index < -0.39 is 0 Å². The van der Waals surface area contributed by atoms with Crippen molar-refractivity contribution >= 4 is 12.7 Å². The maximum atomic E-state index is 9.64. The second-order valence-corrected chi connectivity index (χ2v) is 5.83. The topological polar surface area (TPSA) is 61.3 Å². The van der Waals surface area contributed by atoms with Gasteiger partial charge in [-0.05, 0) is 44.9 Å². The zero-order valence-electron chi connectivity index (χ0n) is 13.0. The van der Waals surface area contributed by atoms with Crippen molar-refractivity contribution in [3.05, 3.63) is 42.4 Å². The first-order valence-corrected chi connectivity index (χ1v) is 7.70. The van der Waals surface area contributed by atoms with Crippen LogP contribution in [0, 0.1) is 6.92 Å². The molecule has 1 atom stereocenters. The maximum Gasteiger partial charge on any atom is 0.376 e. The highest BCUT2D eigenvalue weighted by Crippen LogP contribution is 2.22. The first-order chi connectivity index (χ1) is 10.6. The van der Waals surface area contributed by atoms with E-state index >= 15 is 0 Å². The van der Waals surface area contributed by atoms with Crippen LogP contribution in [0.2, 0.25) is 6.82 Å². The van der Waals surface area contributed by atoms with Crippen LogP contribution in [0.4, 0.5) is 5.69 Å². The zero-order valence-corrected chi connectivity index (χ0v) is 13.0. The summed E-state index contributed by atoms with van der Waals surface area (Å²) in [5, 5.41) is 13.2. The number of hydrogen-bond acceptors (Lipinski definition) is 5. The van der Waals surface area contributed by atoms with Crippen molar-refractivity contribution < 1.29 is 5.02 Å². The zero-order chi connectivity index (χ0) is 15.5. The van der Waals surface area contributed by atoms with Gasteiger partial charge in [0.2, 0.25) is 0 Å². The second-order valence-electron chi connectivity index (χ2n) is 5.83. The van der Waals surface area contributed by atoms with Gasteiger partial charge in [0.05, 0.1) is 5.69 Å². The lowest BCUT2D eigenvalue weighted by Gasteiger charge is -2.18. The summed E-state index contributed by atoms with van der Waals surface area (Å²) in [4.78, 5) is 10.7. The van der Waals surface area contributed by atoms with E-state index in [1.54, 1.807) is 6.20 Å². The van der Waals surface area contributed by atoms with Gasteiger partial charge in [-0.25, -0.2) is 9.97 Å². The lowest BCUT2D eigenvalue weighted by molar-refractivity contribution is 0.422. The van der Waals surface area contributed by atoms with E-state index in [1.165, 1.54) is 0 Å². The molecule has 1 saturated heterocycles. The summed E-state index contributed by atoms with van der Waals surface area (Å²) in [6.45, 7) is 5.52. The second kappa shape index (κ2) is 6.46. The predicted octanol–water partition coefficient (Wildman–Crippen LogP) is 2.05. The van der Waals surface area contributed by atoms with E-state index in [-0.39, 0.29) is 7.05 Å². The van der Waals surface area contributed by atoms with Crippen LogP contribution < -0.4 is 5.32 Å². The molecule has 0 radical (unpaired) electrons. The Hall–Kier alpha value is -1.92. The largest absolute Gasteiger partial charge is 0.437 e. The number of aromatic nitrogens is 2. The molecule has 1 aromatic carbocycles. The molecule has 22 heavy (non-hydrogen) atoms. The van der Waals surface area contributed by atoms with E-state index in [2.05, 4.69) is 38.3 Å². The van der Waals surface area contributed by atoms with Crippen molar-refractivity contribution in [1.29, 1.82) is 0 Å². The van der Waals surface area contributed by atoms with Crippen molar-refractivity contribution in [2.45, 2.75) is 26.2 Å². The molecule has 0 saturated carbocycles. The van der Waals surface area contributed by atoms with Crippen LogP contribution in [-0.2, 0) is 0 Å². The summed E-state index contributed by atoms with van der Waals surface area (Å²) in [6, 6.07) is 10.6. The number of nitrogens with one attached hydrogen (secondary N) is 1. The summed E-state index contributed by atoms with van der Waals surface area (Å²) in [7, 11) is -0.373. The summed E-state index contributed by atoms with van der Waals surface area (Å²) in [5.41, 5.74) is 3.11. The van der Waals surface area contributed by atoms with Crippen LogP contribution in [0.5, 0.6) is 0 Å². The fraction of sp³-hybridized carbons (Fsp3) is 0.375. The molecule has 0 spiro atoms. The molecule has 1 aliphatic heterocycles. The summed E-state index contributed by atoms with van der Waals surface area (Å²) in [6.07, 6.45) is 2.83. The molecule has 0 bridgehead atoms. The van der Waals surface area contributed by atoms with Crippen LogP contribution in [0.25, 0.3) is 11.3 Å². The highest BCUT2D eigenvalue weighted by Gasteiger charge is 2.27. The summed E-state index contributed by atoms with van der Waals surface area (Å²) < 4.78 is 0. The number of anilines is 1. The molecule has 1 unspecified atom stereocenters. The molecular formula is C16H21BN4O. The monoisotopic (exact) mass is 296 g/mol. The molecule has 2 N–H and O–H groups in total. The Bertz CT molecular complexity index is 650. The molecule has 0 aliphatic carbocycles. The number of nitrogens with zero attached hydrogens (tertiary/aromatic N) is 3. The molecule has 6 heteroatoms. The van der Waals surface area contributed by atoms with Gasteiger partial charge >= 0.3 is 7.05 Å². The first-order valence-electron chi connectivity index (χ1n) is 7.70. The van der Waals surface area contributed by atoms with Gasteiger partial charge in [0.1, 0.15) is 5.82 Å². The van der Waals surface area contributed by atoms with Crippen molar-refractivity contribution in [3.63, 3.8) is 0 Å². The molecule has 1 aliphatic rings. The SMILES string of the molecule is CB(O)N1CCC(Nc2cccc(-c3ccnc(C)n3)c2)C1. The van der Waals surface area contributed by atoms with Gasteiger partial charge in [-0.15, -0.1) is 0 Å². The van der Waals surface area contributed by atoms with E-state index in [0.717, 1.165) is 42.3 Å². The molecule has 2 aromatic rings. The van der Waals surface area contributed by atoms with Gasteiger partial charge in [-0.3, -0.25) is 0 Å². The fourth-order valence-electron chi connectivity index (χ4n) is 2.87. The lowest BCUT2D eigenvalue weighted by atomic mass is 9.86. The van der Waals surface area contributed by atoms with E-state index in [9.17, 15) is 5.02 Å². The van der Waals surface area contributed by atoms with Gasteiger partial charge in [0.15, 0.2) is 0 Å². The Labute approximate surface area is 131 Å². The Kier molecular flexibility index (Phi) is 4.40. The Morgan fingerprint density at radius 3 is 2.95 bits per heavy atom. The first kappa shape index (κ1) is 15.0. The third-order valence-corrected chi connectivity index (χ3v) is 4.05. The molecule has 5 nitrogen and oxygen atoms in total. The number of aryl methyl sites for hydroxylation is 1. The van der Waals surface area contributed by atoms with Crippen LogP contribution in [0.3, 0.4) is 0 Å². The Morgan fingerprint density at radius 1 is 1.36 bits per heavy atom. The van der Waals surface area contributed by atoms with Crippen molar-refractivity contribution in [2.24, 2.45) is 0 Å². The third kappa shape index (κ3) is 3.46. The summed E-state index contributed by atoms with van der Waals surface area (Å²) in [5.74, 6) is 0.777. The average molecular weight is 296 g/mol. The quantitative estimate of drug-likeness (QED) is 0.846. The molecular weight excluding hydrogens is 275 g/mol. The van der Waals surface area contributed by atoms with E-state index in [1.807, 2.05) is 25.9 Å². The highest BCUT2D eigenvalue weighted by atomic mass is 16.2. The Balaban J connectivity index is 1.72. The molecule has 1 fully saturated rings. The lowest BCUT2D eigenvalue weighted by Crippen LogP contribution is -2.36. The van der Waals surface area contributed by atoms with Crippen molar-refractivity contribution in [2.75, 3.05) is 18.4 Å². The number of hydrogen-bond donors (Lipinski definition) is 2. The molecule has 0 amide bonds. The summed E-state index contributed by atoms with van der Waals surface area (Å²) >= 11 is 0. The van der Waals surface area contributed by atoms with Gasteiger partial charge in [0, 0.05) is 30.0 Å². The molecule has 114 valence electrons. The minimum Gasteiger partial charge on any atom is -0.437 e. The average Bonchev–Trinajstić information content (AvgIpc) is 2.96.